The van der Waals surface area contributed by atoms with Gasteiger partial charge in [0.25, 0.3) is 0 Å². The zero-order valence-electron chi connectivity index (χ0n) is 3.57. The first-order chi connectivity index (χ1) is 3.55. The quantitative estimate of drug-likeness (QED) is 0.680. The van der Waals surface area contributed by atoms with E-state index in [0.29, 0.717) is 0 Å². The maximum atomic E-state index is 10.7. The summed E-state index contributed by atoms with van der Waals surface area (Å²) >= 11 is 12.2. The maximum Gasteiger partial charge on any atom is 0.181 e. The van der Waals surface area contributed by atoms with Crippen molar-refractivity contribution in [2.75, 3.05) is 0 Å². The van der Waals surface area contributed by atoms with E-state index < -0.39 is 0 Å². The number of alkyl halides is 4. The van der Waals surface area contributed by atoms with Gasteiger partial charge in [-0.05, 0) is 0 Å². The number of carbonyl (C=O) groups is 1. The molecule has 1 nitrogen and oxygen atoms in total. The summed E-state index contributed by atoms with van der Waals surface area (Å²) in [5.41, 5.74) is 0. The second kappa shape index (κ2) is 4.41. The minimum atomic E-state index is -0.265. The smallest absolute Gasteiger partial charge is 0.181 e. The summed E-state index contributed by atoms with van der Waals surface area (Å²) in [6, 6.07) is 0. The monoisotopic (exact) mass is 370 g/mol. The van der Waals surface area contributed by atoms with E-state index in [1.165, 1.54) is 0 Å². The van der Waals surface area contributed by atoms with Crippen molar-refractivity contribution in [3.63, 3.8) is 0 Å². The third-order valence-electron chi connectivity index (χ3n) is 0.430. The Kier molecular flexibility index (Phi) is 5.29. The fourth-order valence-corrected chi connectivity index (χ4v) is 2.57. The van der Waals surface area contributed by atoms with Gasteiger partial charge in [-0.1, -0.05) is 63.7 Å². The van der Waals surface area contributed by atoms with Gasteiger partial charge in [0.15, 0.2) is 5.78 Å². The van der Waals surface area contributed by atoms with Crippen LogP contribution in [0.3, 0.4) is 0 Å². The van der Waals surface area contributed by atoms with Gasteiger partial charge in [-0.2, -0.15) is 0 Å². The molecule has 0 saturated carbocycles. The Hall–Kier alpha value is 1.59. The van der Waals surface area contributed by atoms with Gasteiger partial charge in [-0.3, -0.25) is 4.79 Å². The molecule has 0 atom stereocenters. The van der Waals surface area contributed by atoms with Gasteiger partial charge in [0.05, 0.1) is 0 Å². The Bertz CT molecular complexity index is 79.3. The Balaban J connectivity index is 3.65. The van der Waals surface area contributed by atoms with Gasteiger partial charge in [0, 0.05) is 0 Å². The molecule has 0 spiro atoms. The SMILES string of the molecule is O=C(C(Br)Br)C(Br)Br. The minimum absolute atomic E-state index is 0.0185. The van der Waals surface area contributed by atoms with Crippen molar-refractivity contribution in [2.45, 2.75) is 7.47 Å². The van der Waals surface area contributed by atoms with Gasteiger partial charge < -0.3 is 0 Å². The van der Waals surface area contributed by atoms with Crippen molar-refractivity contribution in [2.24, 2.45) is 0 Å². The van der Waals surface area contributed by atoms with Crippen LogP contribution in [-0.2, 0) is 4.79 Å². The number of hydrogen-bond donors (Lipinski definition) is 0. The summed E-state index contributed by atoms with van der Waals surface area (Å²) in [7, 11) is 0. The molecule has 0 aliphatic rings. The first-order valence-electron chi connectivity index (χ1n) is 1.65. The lowest BCUT2D eigenvalue weighted by molar-refractivity contribution is -0.114. The number of Topliss-reactive ketones (excluding diaryl/α,β-unsaturated/α-hetero) is 1. The molecule has 0 amide bonds. The second-order valence-electron chi connectivity index (χ2n) is 1.00. The number of carbonyl (C=O) groups excluding carboxylic acids is 1. The van der Waals surface area contributed by atoms with E-state index >= 15 is 0 Å². The first-order valence-corrected chi connectivity index (χ1v) is 5.32. The molecule has 0 aliphatic carbocycles. The molecule has 0 unspecified atom stereocenters. The van der Waals surface area contributed by atoms with Crippen LogP contribution in [0.5, 0.6) is 0 Å². The summed E-state index contributed by atoms with van der Waals surface area (Å²) in [6.07, 6.45) is 0. The fourth-order valence-electron chi connectivity index (χ4n) is 0.0952. The van der Waals surface area contributed by atoms with E-state index in [4.69, 9.17) is 0 Å². The predicted octanol–water partition coefficient (Wildman–Crippen LogP) is 2.79. The second-order valence-corrected chi connectivity index (χ2v) is 7.12. The van der Waals surface area contributed by atoms with E-state index in [2.05, 4.69) is 63.7 Å². The van der Waals surface area contributed by atoms with Crippen molar-refractivity contribution in [1.82, 2.24) is 0 Å². The van der Waals surface area contributed by atoms with Crippen LogP contribution < -0.4 is 0 Å². The molecule has 0 rings (SSSR count). The van der Waals surface area contributed by atoms with Crippen LogP contribution in [-0.4, -0.2) is 13.3 Å². The van der Waals surface area contributed by atoms with Crippen LogP contribution >= 0.6 is 63.7 Å². The van der Waals surface area contributed by atoms with Gasteiger partial charge in [-0.15, -0.1) is 0 Å². The Labute approximate surface area is 81.1 Å². The van der Waals surface area contributed by atoms with E-state index in [9.17, 15) is 4.79 Å². The lowest BCUT2D eigenvalue weighted by atomic mass is 10.5. The average molecular weight is 374 g/mol. The van der Waals surface area contributed by atoms with E-state index in [-0.39, 0.29) is 13.3 Å². The van der Waals surface area contributed by atoms with Crippen LogP contribution in [0.25, 0.3) is 0 Å². The molecule has 8 heavy (non-hydrogen) atoms. The molecule has 0 N–H and O–H groups in total. The molecule has 0 radical (unpaired) electrons. The van der Waals surface area contributed by atoms with Crippen molar-refractivity contribution >= 4 is 69.5 Å². The van der Waals surface area contributed by atoms with Crippen molar-refractivity contribution in [3.05, 3.63) is 0 Å². The van der Waals surface area contributed by atoms with Crippen LogP contribution in [0, 0.1) is 0 Å². The third-order valence-corrected chi connectivity index (χ3v) is 2.24. The van der Waals surface area contributed by atoms with Crippen LogP contribution in [0.4, 0.5) is 0 Å². The van der Waals surface area contributed by atoms with Crippen LogP contribution in [0.1, 0.15) is 0 Å². The molecule has 5 heteroatoms. The van der Waals surface area contributed by atoms with Gasteiger partial charge in [0.1, 0.15) is 7.47 Å². The third kappa shape index (κ3) is 3.58. The van der Waals surface area contributed by atoms with Crippen molar-refractivity contribution in [1.29, 1.82) is 0 Å². The lowest BCUT2D eigenvalue weighted by Crippen LogP contribution is -2.13. The maximum absolute atomic E-state index is 10.7. The summed E-state index contributed by atoms with van der Waals surface area (Å²) in [5, 5.41) is 0. The zero-order chi connectivity index (χ0) is 6.73. The number of rotatable bonds is 2. The topological polar surface area (TPSA) is 17.1 Å². The predicted molar refractivity (Wildman–Crippen MR) is 48.3 cm³/mol. The van der Waals surface area contributed by atoms with E-state index in [1.807, 2.05) is 0 Å². The van der Waals surface area contributed by atoms with Gasteiger partial charge in [-0.25, -0.2) is 0 Å². The van der Waals surface area contributed by atoms with Crippen LogP contribution in [0.2, 0.25) is 0 Å². The van der Waals surface area contributed by atoms with Crippen molar-refractivity contribution in [3.8, 4) is 0 Å². The molecule has 0 bridgehead atoms. The molecule has 0 aromatic carbocycles. The molecule has 0 heterocycles. The number of ketones is 1. The van der Waals surface area contributed by atoms with Gasteiger partial charge >= 0.3 is 0 Å². The molecule has 0 fully saturated rings. The number of halogens is 4. The molecular weight excluding hydrogens is 372 g/mol. The standard InChI is InChI=1S/C3H2Br4O/c4-2(5)1(8)3(6)7/h2-3H. The highest BCUT2D eigenvalue weighted by Crippen LogP contribution is 2.19. The molecule has 48 valence electrons. The van der Waals surface area contributed by atoms with Crippen molar-refractivity contribution < 1.29 is 4.79 Å². The Morgan fingerprint density at radius 1 is 1.00 bits per heavy atom. The summed E-state index contributed by atoms with van der Waals surface area (Å²) in [5.74, 6) is 0.0185. The highest BCUT2D eigenvalue weighted by Gasteiger charge is 2.16. The van der Waals surface area contributed by atoms with Gasteiger partial charge in [0.2, 0.25) is 0 Å². The molecule has 0 aromatic heterocycles. The summed E-state index contributed by atoms with van der Waals surface area (Å²) in [4.78, 5) is 10.7. The first kappa shape index (κ1) is 9.59. The normalized spacial score (nSPS) is 10.8. The van der Waals surface area contributed by atoms with E-state index in [0.717, 1.165) is 0 Å². The molecule has 0 aliphatic heterocycles. The molecular formula is C3H2Br4O. The highest BCUT2D eigenvalue weighted by molar-refractivity contribution is 9.26. The average Bonchev–Trinajstić information content (AvgIpc) is 1.64. The largest absolute Gasteiger partial charge is 0.295 e. The highest BCUT2D eigenvalue weighted by atomic mass is 79.9. The Morgan fingerprint density at radius 2 is 1.25 bits per heavy atom. The molecule has 0 aromatic rings. The van der Waals surface area contributed by atoms with Crippen LogP contribution in [0.15, 0.2) is 0 Å². The lowest BCUT2D eigenvalue weighted by Gasteiger charge is -1.98. The summed E-state index contributed by atoms with van der Waals surface area (Å²) < 4.78 is -0.530. The number of hydrogen-bond acceptors (Lipinski definition) is 1. The van der Waals surface area contributed by atoms with E-state index in [1.54, 1.807) is 0 Å². The molecule has 0 saturated heterocycles. The summed E-state index contributed by atoms with van der Waals surface area (Å²) in [6.45, 7) is 0. The Morgan fingerprint density at radius 3 is 1.25 bits per heavy atom. The fraction of sp³-hybridized carbons (Fsp3) is 0.667. The minimum Gasteiger partial charge on any atom is -0.295 e. The zero-order valence-corrected chi connectivity index (χ0v) is 9.92.